The molecule has 1 aliphatic heterocycles. The Hall–Kier alpha value is -2.57. The zero-order valence-electron chi connectivity index (χ0n) is 15.4. The molecular formula is C21H23N2O3S+. The molecule has 0 saturated carbocycles. The first-order valence-electron chi connectivity index (χ1n) is 8.93. The van der Waals surface area contributed by atoms with Crippen molar-refractivity contribution in [2.75, 3.05) is 0 Å². The summed E-state index contributed by atoms with van der Waals surface area (Å²) in [7, 11) is -4.30. The quantitative estimate of drug-likeness (QED) is 0.404. The Bertz CT molecular complexity index is 988. The Morgan fingerprint density at radius 2 is 1.44 bits per heavy atom. The van der Waals surface area contributed by atoms with Crippen LogP contribution in [0.2, 0.25) is 0 Å². The second-order valence-electron chi connectivity index (χ2n) is 6.59. The fourth-order valence-electron chi connectivity index (χ4n) is 3.03. The Balaban J connectivity index is 0.000000156. The number of fused-ring (bicyclic) bond motifs is 3. The summed E-state index contributed by atoms with van der Waals surface area (Å²) in [6.45, 7) is 5.05. The van der Waals surface area contributed by atoms with Crippen LogP contribution >= 0.6 is 0 Å². The first-order valence-corrected chi connectivity index (χ1v) is 10.3. The molecule has 0 N–H and O–H groups in total. The average molecular weight is 383 g/mol. The number of benzene rings is 1. The largest absolute Gasteiger partial charge is 0.744 e. The van der Waals surface area contributed by atoms with E-state index in [2.05, 4.69) is 71.8 Å². The number of pyridine rings is 2. The summed E-state index contributed by atoms with van der Waals surface area (Å²) < 4.78 is 36.4. The van der Waals surface area contributed by atoms with Crippen molar-refractivity contribution in [1.82, 2.24) is 0 Å². The number of aromatic nitrogens is 2. The third-order valence-corrected chi connectivity index (χ3v) is 5.65. The van der Waals surface area contributed by atoms with E-state index >= 15 is 0 Å². The van der Waals surface area contributed by atoms with Gasteiger partial charge in [0, 0.05) is 24.3 Å². The van der Waals surface area contributed by atoms with Crippen molar-refractivity contribution < 1.29 is 22.1 Å². The van der Waals surface area contributed by atoms with Crippen LogP contribution in [0.5, 0.6) is 0 Å². The highest BCUT2D eigenvalue weighted by Gasteiger charge is 2.31. The highest BCUT2D eigenvalue weighted by Crippen LogP contribution is 2.20. The van der Waals surface area contributed by atoms with Gasteiger partial charge in [-0.3, -0.25) is 0 Å². The van der Waals surface area contributed by atoms with Crippen LogP contribution in [0.1, 0.15) is 31.7 Å². The van der Waals surface area contributed by atoms with E-state index in [-0.39, 0.29) is 4.90 Å². The van der Waals surface area contributed by atoms with Gasteiger partial charge in [0.25, 0.3) is 11.4 Å². The molecule has 0 aliphatic carbocycles. The number of rotatable bonds is 3. The molecule has 1 aliphatic rings. The molecule has 140 valence electrons. The molecule has 3 heterocycles. The summed E-state index contributed by atoms with van der Waals surface area (Å²) in [6, 6.07) is 18.7. The normalized spacial score (nSPS) is 13.1. The number of nitrogens with zero attached hydrogens (tertiary/aromatic N) is 2. The van der Waals surface area contributed by atoms with Gasteiger partial charge in [0.15, 0.2) is 12.4 Å². The van der Waals surface area contributed by atoms with Crippen LogP contribution in [-0.4, -0.2) is 13.0 Å². The number of hydrogen-bond donors (Lipinski definition) is 0. The van der Waals surface area contributed by atoms with Crippen molar-refractivity contribution in [2.24, 2.45) is 0 Å². The zero-order valence-corrected chi connectivity index (χ0v) is 16.3. The summed E-state index contributed by atoms with van der Waals surface area (Å²) in [5.41, 5.74) is 3.64. The standard InChI is InChI=1S/C11H10N2.C10H14O3S/c1-3-7-12-9-13-8-4-2-6-11(13)10(12)5-1;1-3-8(2)9-4-6-10(7-5-9)14(11,12)13/h1-8H,9H2;4-8H,3H2,1-2H3,(H,11,12,13)/q+2;/p-1. The lowest BCUT2D eigenvalue weighted by molar-refractivity contribution is -0.877. The van der Waals surface area contributed by atoms with E-state index in [9.17, 15) is 13.0 Å². The summed E-state index contributed by atoms with van der Waals surface area (Å²) >= 11 is 0. The highest BCUT2D eigenvalue weighted by atomic mass is 32.2. The maximum Gasteiger partial charge on any atom is 0.345 e. The predicted octanol–water partition coefficient (Wildman–Crippen LogP) is 2.85. The fourth-order valence-corrected chi connectivity index (χ4v) is 3.50. The van der Waals surface area contributed by atoms with E-state index < -0.39 is 10.1 Å². The van der Waals surface area contributed by atoms with Gasteiger partial charge in [-0.05, 0) is 42.2 Å². The molecule has 27 heavy (non-hydrogen) atoms. The first-order chi connectivity index (χ1) is 12.9. The van der Waals surface area contributed by atoms with E-state index in [4.69, 9.17) is 0 Å². The molecule has 0 saturated heterocycles. The molecule has 0 radical (unpaired) electrons. The van der Waals surface area contributed by atoms with Crippen LogP contribution < -0.4 is 9.13 Å². The van der Waals surface area contributed by atoms with Gasteiger partial charge in [-0.25, -0.2) is 8.42 Å². The Morgan fingerprint density at radius 1 is 0.926 bits per heavy atom. The lowest BCUT2D eigenvalue weighted by atomic mass is 9.99. The highest BCUT2D eigenvalue weighted by molar-refractivity contribution is 7.85. The maximum atomic E-state index is 10.6. The molecule has 1 unspecified atom stereocenters. The minimum absolute atomic E-state index is 0.162. The van der Waals surface area contributed by atoms with Crippen molar-refractivity contribution in [1.29, 1.82) is 0 Å². The lowest BCUT2D eigenvalue weighted by Crippen LogP contribution is -2.44. The van der Waals surface area contributed by atoms with Crippen molar-refractivity contribution in [3.63, 3.8) is 0 Å². The summed E-state index contributed by atoms with van der Waals surface area (Å²) in [5.74, 6) is 0.387. The van der Waals surface area contributed by atoms with Crippen molar-refractivity contribution in [2.45, 2.75) is 37.8 Å². The van der Waals surface area contributed by atoms with Gasteiger partial charge in [-0.1, -0.05) is 26.0 Å². The van der Waals surface area contributed by atoms with Crippen molar-refractivity contribution in [3.8, 4) is 11.4 Å². The van der Waals surface area contributed by atoms with Gasteiger partial charge in [-0.2, -0.15) is 0 Å². The van der Waals surface area contributed by atoms with Crippen LogP contribution in [0.3, 0.4) is 0 Å². The predicted molar refractivity (Wildman–Crippen MR) is 101 cm³/mol. The Kier molecular flexibility index (Phi) is 5.68. The van der Waals surface area contributed by atoms with E-state index in [0.29, 0.717) is 5.92 Å². The van der Waals surface area contributed by atoms with Crippen LogP contribution in [0.25, 0.3) is 11.4 Å². The molecule has 1 aromatic carbocycles. The third kappa shape index (κ3) is 4.40. The van der Waals surface area contributed by atoms with Crippen LogP contribution in [0.4, 0.5) is 0 Å². The summed E-state index contributed by atoms with van der Waals surface area (Å²) in [5, 5.41) is 0. The van der Waals surface area contributed by atoms with Gasteiger partial charge in [-0.15, -0.1) is 9.13 Å². The fraction of sp³-hybridized carbons (Fsp3) is 0.238. The Morgan fingerprint density at radius 3 is 1.89 bits per heavy atom. The van der Waals surface area contributed by atoms with E-state index in [1.807, 2.05) is 0 Å². The van der Waals surface area contributed by atoms with Crippen LogP contribution in [-0.2, 0) is 16.8 Å². The summed E-state index contributed by atoms with van der Waals surface area (Å²) in [4.78, 5) is -0.162. The van der Waals surface area contributed by atoms with Gasteiger partial charge >= 0.3 is 6.67 Å². The smallest absolute Gasteiger partial charge is 0.345 e. The molecule has 0 bridgehead atoms. The molecule has 2 aromatic heterocycles. The number of hydrogen-bond acceptors (Lipinski definition) is 3. The third-order valence-electron chi connectivity index (χ3n) is 4.80. The minimum Gasteiger partial charge on any atom is -0.744 e. The maximum absolute atomic E-state index is 10.6. The SMILES string of the molecule is CCC(C)c1ccc(S(=O)(=O)[O-])cc1.c1cc[n+]2c(c1)-c1cccc[n+]1C2. The molecule has 4 rings (SSSR count). The van der Waals surface area contributed by atoms with Gasteiger partial charge in [0.2, 0.25) is 0 Å². The van der Waals surface area contributed by atoms with Gasteiger partial charge in [0.1, 0.15) is 10.1 Å². The second-order valence-corrected chi connectivity index (χ2v) is 7.96. The zero-order chi connectivity index (χ0) is 19.4. The van der Waals surface area contributed by atoms with Crippen molar-refractivity contribution >= 4 is 10.1 Å². The monoisotopic (exact) mass is 383 g/mol. The van der Waals surface area contributed by atoms with Crippen LogP contribution in [0, 0.1) is 0 Å². The van der Waals surface area contributed by atoms with E-state index in [1.54, 1.807) is 12.1 Å². The van der Waals surface area contributed by atoms with Crippen molar-refractivity contribution in [3.05, 3.63) is 78.6 Å². The molecule has 5 nitrogen and oxygen atoms in total. The molecule has 0 spiro atoms. The first kappa shape index (κ1) is 19.2. The van der Waals surface area contributed by atoms with E-state index in [0.717, 1.165) is 18.7 Å². The second kappa shape index (κ2) is 7.98. The Labute approximate surface area is 160 Å². The molecule has 1 atom stereocenters. The van der Waals surface area contributed by atoms with Gasteiger partial charge in [0.05, 0.1) is 4.90 Å². The molecule has 0 amide bonds. The molecule has 0 fully saturated rings. The van der Waals surface area contributed by atoms with Crippen LogP contribution in [0.15, 0.2) is 78.0 Å². The summed E-state index contributed by atoms with van der Waals surface area (Å²) in [6.07, 6.45) is 5.22. The molecule has 6 heteroatoms. The van der Waals surface area contributed by atoms with E-state index in [1.165, 1.54) is 23.5 Å². The lowest BCUT2D eigenvalue weighted by Gasteiger charge is -2.11. The van der Waals surface area contributed by atoms with Gasteiger partial charge < -0.3 is 4.55 Å². The molecule has 3 aromatic rings. The molecular weight excluding hydrogens is 360 g/mol. The topological polar surface area (TPSA) is 65.0 Å². The minimum atomic E-state index is -4.30. The average Bonchev–Trinajstić information content (AvgIpc) is 3.06.